The lowest BCUT2D eigenvalue weighted by Crippen LogP contribution is -2.24. The second kappa shape index (κ2) is 6.61. The van der Waals surface area contributed by atoms with Crippen LogP contribution in [0.3, 0.4) is 0 Å². The fourth-order valence-corrected chi connectivity index (χ4v) is 2.35. The van der Waals surface area contributed by atoms with E-state index in [4.69, 9.17) is 0 Å². The van der Waals surface area contributed by atoms with Gasteiger partial charge in [0.05, 0.1) is 10.5 Å². The molecular formula is C14H12IN3O3. The number of nitrogens with one attached hydrogen (secondary N) is 1. The molecule has 0 aliphatic heterocycles. The van der Waals surface area contributed by atoms with Crippen LogP contribution in [-0.4, -0.2) is 15.8 Å². The molecule has 0 atom stereocenters. The second-order valence-electron chi connectivity index (χ2n) is 4.41. The van der Waals surface area contributed by atoms with Crippen LogP contribution in [0.25, 0.3) is 0 Å². The highest BCUT2D eigenvalue weighted by molar-refractivity contribution is 14.1. The largest absolute Gasteiger partial charge is 0.348 e. The van der Waals surface area contributed by atoms with Crippen LogP contribution in [0.4, 0.5) is 5.69 Å². The molecule has 0 saturated carbocycles. The van der Waals surface area contributed by atoms with Crippen LogP contribution in [0, 0.1) is 20.6 Å². The number of halogens is 1. The van der Waals surface area contributed by atoms with Crippen LogP contribution >= 0.6 is 22.6 Å². The van der Waals surface area contributed by atoms with Crippen LogP contribution in [-0.2, 0) is 6.54 Å². The van der Waals surface area contributed by atoms with E-state index in [0.717, 1.165) is 11.1 Å². The zero-order valence-corrected chi connectivity index (χ0v) is 13.3. The molecule has 0 radical (unpaired) electrons. The lowest BCUT2D eigenvalue weighted by molar-refractivity contribution is -0.384. The van der Waals surface area contributed by atoms with E-state index in [9.17, 15) is 14.9 Å². The van der Waals surface area contributed by atoms with Crippen molar-refractivity contribution in [3.63, 3.8) is 0 Å². The Labute approximate surface area is 134 Å². The number of aromatic nitrogens is 1. The van der Waals surface area contributed by atoms with E-state index in [1.165, 1.54) is 12.1 Å². The molecule has 0 bridgehead atoms. The van der Waals surface area contributed by atoms with Gasteiger partial charge < -0.3 is 5.32 Å². The molecule has 6 nitrogen and oxygen atoms in total. The Morgan fingerprint density at radius 1 is 1.43 bits per heavy atom. The van der Waals surface area contributed by atoms with Crippen LogP contribution < -0.4 is 5.32 Å². The summed E-state index contributed by atoms with van der Waals surface area (Å²) in [7, 11) is 0. The Morgan fingerprint density at radius 3 is 2.86 bits per heavy atom. The lowest BCUT2D eigenvalue weighted by Gasteiger charge is -2.08. The molecule has 0 saturated heterocycles. The number of pyridine rings is 1. The van der Waals surface area contributed by atoms with Gasteiger partial charge in [-0.3, -0.25) is 19.9 Å². The Bertz CT molecular complexity index is 704. The van der Waals surface area contributed by atoms with Crippen molar-refractivity contribution in [2.75, 3.05) is 0 Å². The van der Waals surface area contributed by atoms with Gasteiger partial charge in [-0.05, 0) is 52.8 Å². The van der Waals surface area contributed by atoms with E-state index < -0.39 is 4.92 Å². The van der Waals surface area contributed by atoms with Gasteiger partial charge >= 0.3 is 0 Å². The molecule has 1 heterocycles. The van der Waals surface area contributed by atoms with E-state index in [-0.39, 0.29) is 11.6 Å². The van der Waals surface area contributed by atoms with E-state index >= 15 is 0 Å². The summed E-state index contributed by atoms with van der Waals surface area (Å²) in [6, 6.07) is 6.06. The van der Waals surface area contributed by atoms with Crippen LogP contribution in [0.2, 0.25) is 0 Å². The topological polar surface area (TPSA) is 85.1 Å². The van der Waals surface area contributed by atoms with Gasteiger partial charge in [-0.1, -0.05) is 0 Å². The highest BCUT2D eigenvalue weighted by Gasteiger charge is 2.15. The fraction of sp³-hybridized carbons (Fsp3) is 0.143. The smallest absolute Gasteiger partial charge is 0.270 e. The number of rotatable bonds is 4. The van der Waals surface area contributed by atoms with Gasteiger partial charge in [-0.15, -0.1) is 0 Å². The summed E-state index contributed by atoms with van der Waals surface area (Å²) in [4.78, 5) is 26.4. The molecular weight excluding hydrogens is 385 g/mol. The second-order valence-corrected chi connectivity index (χ2v) is 5.57. The zero-order chi connectivity index (χ0) is 15.4. The standard InChI is InChI=1S/C14H12IN3O3/c1-9-7-16-5-4-10(9)8-17-14(19)12-6-11(18(20)21)2-3-13(12)15/h2-7H,8H2,1H3,(H,17,19). The molecule has 2 rings (SSSR count). The zero-order valence-electron chi connectivity index (χ0n) is 11.2. The fourth-order valence-electron chi connectivity index (χ4n) is 1.77. The maximum atomic E-state index is 12.2. The number of carbonyl (C=O) groups excluding carboxylic acids is 1. The average molecular weight is 397 g/mol. The third kappa shape index (κ3) is 3.75. The molecule has 0 spiro atoms. The number of hydrogen-bond donors (Lipinski definition) is 1. The number of carbonyl (C=O) groups is 1. The van der Waals surface area contributed by atoms with Crippen LogP contribution in [0.1, 0.15) is 21.5 Å². The van der Waals surface area contributed by atoms with Crippen molar-refractivity contribution in [1.82, 2.24) is 10.3 Å². The molecule has 0 aliphatic rings. The summed E-state index contributed by atoms with van der Waals surface area (Å²) in [5.41, 5.74) is 2.14. The van der Waals surface area contributed by atoms with Gasteiger partial charge in [-0.2, -0.15) is 0 Å². The normalized spacial score (nSPS) is 10.2. The number of nitro benzene ring substituents is 1. The predicted octanol–water partition coefficient (Wildman–Crippen LogP) is 2.83. The Morgan fingerprint density at radius 2 is 2.19 bits per heavy atom. The molecule has 2 aromatic rings. The van der Waals surface area contributed by atoms with Gasteiger partial charge in [0, 0.05) is 34.6 Å². The Kier molecular flexibility index (Phi) is 4.84. The summed E-state index contributed by atoms with van der Waals surface area (Å²) in [6.45, 7) is 2.26. The molecule has 1 amide bonds. The van der Waals surface area contributed by atoms with E-state index in [1.54, 1.807) is 18.5 Å². The molecule has 108 valence electrons. The highest BCUT2D eigenvalue weighted by Crippen LogP contribution is 2.19. The number of amides is 1. The molecule has 1 aromatic carbocycles. The number of aryl methyl sites for hydroxylation is 1. The first kappa shape index (κ1) is 15.4. The van der Waals surface area contributed by atoms with Crippen molar-refractivity contribution in [1.29, 1.82) is 0 Å². The first-order valence-corrected chi connectivity index (χ1v) is 7.18. The first-order valence-electron chi connectivity index (χ1n) is 6.10. The van der Waals surface area contributed by atoms with Crippen molar-refractivity contribution in [3.8, 4) is 0 Å². The summed E-state index contributed by atoms with van der Waals surface area (Å²) in [5.74, 6) is -0.334. The summed E-state index contributed by atoms with van der Waals surface area (Å²) >= 11 is 1.98. The minimum Gasteiger partial charge on any atom is -0.348 e. The van der Waals surface area contributed by atoms with Crippen molar-refractivity contribution in [2.45, 2.75) is 13.5 Å². The summed E-state index contributed by atoms with van der Waals surface area (Å²) in [5, 5.41) is 13.5. The van der Waals surface area contributed by atoms with Crippen LogP contribution in [0.15, 0.2) is 36.7 Å². The van der Waals surface area contributed by atoms with Crippen LogP contribution in [0.5, 0.6) is 0 Å². The van der Waals surface area contributed by atoms with E-state index in [0.29, 0.717) is 15.7 Å². The number of nitro groups is 1. The third-order valence-corrected chi connectivity index (χ3v) is 3.92. The molecule has 0 unspecified atom stereocenters. The summed E-state index contributed by atoms with van der Waals surface area (Å²) in [6.07, 6.45) is 3.38. The molecule has 21 heavy (non-hydrogen) atoms. The van der Waals surface area contributed by atoms with E-state index in [2.05, 4.69) is 10.3 Å². The molecule has 0 fully saturated rings. The molecule has 1 N–H and O–H groups in total. The van der Waals surface area contributed by atoms with Crippen molar-refractivity contribution in [2.24, 2.45) is 0 Å². The monoisotopic (exact) mass is 397 g/mol. The molecule has 1 aromatic heterocycles. The SMILES string of the molecule is Cc1cnccc1CNC(=O)c1cc([N+](=O)[O-])ccc1I. The highest BCUT2D eigenvalue weighted by atomic mass is 127. The van der Waals surface area contributed by atoms with E-state index in [1.807, 2.05) is 35.6 Å². The van der Waals surface area contributed by atoms with Gasteiger partial charge in [0.2, 0.25) is 0 Å². The Balaban J connectivity index is 2.15. The van der Waals surface area contributed by atoms with Crippen molar-refractivity contribution < 1.29 is 9.72 Å². The summed E-state index contributed by atoms with van der Waals surface area (Å²) < 4.78 is 0.669. The minimum atomic E-state index is -0.514. The maximum Gasteiger partial charge on any atom is 0.270 e. The van der Waals surface area contributed by atoms with Crippen molar-refractivity contribution in [3.05, 3.63) is 67.0 Å². The quantitative estimate of drug-likeness (QED) is 0.489. The van der Waals surface area contributed by atoms with Gasteiger partial charge in [-0.25, -0.2) is 0 Å². The minimum absolute atomic E-state index is 0.0966. The number of hydrogen-bond acceptors (Lipinski definition) is 4. The van der Waals surface area contributed by atoms with Gasteiger partial charge in [0.25, 0.3) is 11.6 Å². The number of nitrogens with zero attached hydrogens (tertiary/aromatic N) is 2. The Hall–Kier alpha value is -2.03. The van der Waals surface area contributed by atoms with Gasteiger partial charge in [0.15, 0.2) is 0 Å². The molecule has 0 aliphatic carbocycles. The number of non-ortho nitro benzene ring substituents is 1. The predicted molar refractivity (Wildman–Crippen MR) is 86.0 cm³/mol. The first-order chi connectivity index (χ1) is 9.99. The average Bonchev–Trinajstić information content (AvgIpc) is 2.46. The number of benzene rings is 1. The van der Waals surface area contributed by atoms with Gasteiger partial charge in [0.1, 0.15) is 0 Å². The third-order valence-electron chi connectivity index (χ3n) is 2.98. The lowest BCUT2D eigenvalue weighted by atomic mass is 10.1. The maximum absolute atomic E-state index is 12.2. The molecule has 7 heteroatoms. The van der Waals surface area contributed by atoms with Crippen molar-refractivity contribution >= 4 is 34.2 Å².